The third-order valence-corrected chi connectivity index (χ3v) is 3.57. The van der Waals surface area contributed by atoms with Gasteiger partial charge in [0, 0.05) is 32.2 Å². The molecule has 1 heterocycles. The molecule has 3 heteroatoms. The van der Waals surface area contributed by atoms with Gasteiger partial charge in [0.1, 0.15) is 0 Å². The second-order valence-electron chi connectivity index (χ2n) is 5.10. The summed E-state index contributed by atoms with van der Waals surface area (Å²) < 4.78 is 0. The molecule has 90 valence electrons. The van der Waals surface area contributed by atoms with Crippen LogP contribution in [0.25, 0.3) is 0 Å². The lowest BCUT2D eigenvalue weighted by Gasteiger charge is -2.32. The van der Waals surface area contributed by atoms with Gasteiger partial charge in [0.2, 0.25) is 0 Å². The Morgan fingerprint density at radius 2 is 1.73 bits per heavy atom. The molecule has 0 amide bonds. The van der Waals surface area contributed by atoms with E-state index in [4.69, 9.17) is 0 Å². The van der Waals surface area contributed by atoms with Crippen molar-refractivity contribution >= 4 is 0 Å². The zero-order valence-corrected chi connectivity index (χ0v) is 10.9. The maximum atomic E-state index is 2.60. The Balaban J connectivity index is 2.05. The molecular formula is C12H27N3. The van der Waals surface area contributed by atoms with Crippen molar-refractivity contribution in [1.82, 2.24) is 14.7 Å². The minimum atomic E-state index is 0.720. The SMILES string of the molecule is CC(CCCN1CCN(C)CC1)N(C)C. The summed E-state index contributed by atoms with van der Waals surface area (Å²) in [5.41, 5.74) is 0. The number of rotatable bonds is 5. The van der Waals surface area contributed by atoms with Crippen molar-refractivity contribution in [3.63, 3.8) is 0 Å². The quantitative estimate of drug-likeness (QED) is 0.673. The van der Waals surface area contributed by atoms with E-state index in [-0.39, 0.29) is 0 Å². The van der Waals surface area contributed by atoms with Crippen LogP contribution in [-0.2, 0) is 0 Å². The number of hydrogen-bond acceptors (Lipinski definition) is 3. The van der Waals surface area contributed by atoms with Gasteiger partial charge in [-0.25, -0.2) is 0 Å². The molecule has 0 bridgehead atoms. The maximum Gasteiger partial charge on any atom is 0.0110 e. The van der Waals surface area contributed by atoms with E-state index in [1.165, 1.54) is 45.6 Å². The Morgan fingerprint density at radius 1 is 1.13 bits per heavy atom. The monoisotopic (exact) mass is 213 g/mol. The van der Waals surface area contributed by atoms with E-state index in [1.807, 2.05) is 0 Å². The lowest BCUT2D eigenvalue weighted by molar-refractivity contribution is 0.148. The van der Waals surface area contributed by atoms with Gasteiger partial charge in [-0.15, -0.1) is 0 Å². The summed E-state index contributed by atoms with van der Waals surface area (Å²) in [5.74, 6) is 0. The van der Waals surface area contributed by atoms with Gasteiger partial charge in [-0.05, 0) is 47.5 Å². The second-order valence-corrected chi connectivity index (χ2v) is 5.10. The fraction of sp³-hybridized carbons (Fsp3) is 1.00. The minimum Gasteiger partial charge on any atom is -0.307 e. The van der Waals surface area contributed by atoms with Crippen molar-refractivity contribution in [3.05, 3.63) is 0 Å². The second kappa shape index (κ2) is 6.46. The van der Waals surface area contributed by atoms with Gasteiger partial charge in [0.25, 0.3) is 0 Å². The molecule has 1 rings (SSSR count). The van der Waals surface area contributed by atoms with Crippen LogP contribution in [0.2, 0.25) is 0 Å². The van der Waals surface area contributed by atoms with Gasteiger partial charge < -0.3 is 14.7 Å². The molecule has 1 aliphatic rings. The van der Waals surface area contributed by atoms with Crippen molar-refractivity contribution in [3.8, 4) is 0 Å². The van der Waals surface area contributed by atoms with Crippen LogP contribution in [0.15, 0.2) is 0 Å². The van der Waals surface area contributed by atoms with E-state index in [0.29, 0.717) is 0 Å². The highest BCUT2D eigenvalue weighted by molar-refractivity contribution is 4.70. The molecule has 1 aliphatic heterocycles. The normalized spacial score (nSPS) is 22.2. The van der Waals surface area contributed by atoms with Crippen LogP contribution < -0.4 is 0 Å². The summed E-state index contributed by atoms with van der Waals surface area (Å²) in [6.45, 7) is 8.59. The van der Waals surface area contributed by atoms with Crippen LogP contribution in [-0.4, -0.2) is 74.6 Å². The highest BCUT2D eigenvalue weighted by atomic mass is 15.2. The van der Waals surface area contributed by atoms with Gasteiger partial charge in [-0.1, -0.05) is 0 Å². The largest absolute Gasteiger partial charge is 0.307 e. The zero-order chi connectivity index (χ0) is 11.3. The predicted molar refractivity (Wildman–Crippen MR) is 66.3 cm³/mol. The number of likely N-dealkylation sites (N-methyl/N-ethyl adjacent to an activating group) is 1. The van der Waals surface area contributed by atoms with E-state index in [0.717, 1.165) is 6.04 Å². The molecule has 0 aromatic heterocycles. The van der Waals surface area contributed by atoms with Gasteiger partial charge in [-0.2, -0.15) is 0 Å². The molecule has 0 spiro atoms. The number of hydrogen-bond donors (Lipinski definition) is 0. The summed E-state index contributed by atoms with van der Waals surface area (Å²) in [7, 11) is 6.55. The molecule has 0 saturated carbocycles. The lowest BCUT2D eigenvalue weighted by atomic mass is 10.1. The average molecular weight is 213 g/mol. The van der Waals surface area contributed by atoms with Crippen molar-refractivity contribution in [2.75, 3.05) is 53.9 Å². The van der Waals surface area contributed by atoms with E-state index >= 15 is 0 Å². The Kier molecular flexibility index (Phi) is 5.58. The molecule has 1 fully saturated rings. The molecule has 0 radical (unpaired) electrons. The number of nitrogens with zero attached hydrogens (tertiary/aromatic N) is 3. The van der Waals surface area contributed by atoms with E-state index < -0.39 is 0 Å². The first-order valence-electron chi connectivity index (χ1n) is 6.17. The summed E-state index contributed by atoms with van der Waals surface area (Å²) in [6, 6.07) is 0.720. The summed E-state index contributed by atoms with van der Waals surface area (Å²) in [5, 5.41) is 0. The lowest BCUT2D eigenvalue weighted by Crippen LogP contribution is -2.44. The summed E-state index contributed by atoms with van der Waals surface area (Å²) in [4.78, 5) is 7.32. The third kappa shape index (κ3) is 4.96. The fourth-order valence-corrected chi connectivity index (χ4v) is 1.94. The minimum absolute atomic E-state index is 0.720. The molecule has 0 aromatic carbocycles. The highest BCUT2D eigenvalue weighted by Crippen LogP contribution is 2.05. The smallest absolute Gasteiger partial charge is 0.0110 e. The standard InChI is InChI=1S/C12H27N3/c1-12(13(2)3)6-5-7-15-10-8-14(4)9-11-15/h12H,5-11H2,1-4H3. The molecule has 0 aliphatic carbocycles. The molecule has 1 unspecified atom stereocenters. The average Bonchev–Trinajstić information content (AvgIpc) is 2.20. The van der Waals surface area contributed by atoms with Gasteiger partial charge in [0.05, 0.1) is 0 Å². The van der Waals surface area contributed by atoms with Crippen molar-refractivity contribution in [1.29, 1.82) is 0 Å². The molecule has 1 atom stereocenters. The topological polar surface area (TPSA) is 9.72 Å². The van der Waals surface area contributed by atoms with Crippen LogP contribution in [0.5, 0.6) is 0 Å². The zero-order valence-electron chi connectivity index (χ0n) is 10.9. The molecule has 0 aromatic rings. The Labute approximate surface area is 95.0 Å². The first-order chi connectivity index (χ1) is 7.09. The fourth-order valence-electron chi connectivity index (χ4n) is 1.94. The molecular weight excluding hydrogens is 186 g/mol. The summed E-state index contributed by atoms with van der Waals surface area (Å²) >= 11 is 0. The van der Waals surface area contributed by atoms with Crippen LogP contribution in [0.3, 0.4) is 0 Å². The first-order valence-corrected chi connectivity index (χ1v) is 6.17. The highest BCUT2D eigenvalue weighted by Gasteiger charge is 2.13. The maximum absolute atomic E-state index is 2.60. The molecule has 0 N–H and O–H groups in total. The molecule has 3 nitrogen and oxygen atoms in total. The Morgan fingerprint density at radius 3 is 2.27 bits per heavy atom. The first kappa shape index (κ1) is 12.9. The Hall–Kier alpha value is -0.120. The van der Waals surface area contributed by atoms with Crippen LogP contribution in [0.4, 0.5) is 0 Å². The van der Waals surface area contributed by atoms with Crippen LogP contribution in [0.1, 0.15) is 19.8 Å². The number of piperazine rings is 1. The molecule has 15 heavy (non-hydrogen) atoms. The van der Waals surface area contributed by atoms with E-state index in [2.05, 4.69) is 42.8 Å². The van der Waals surface area contributed by atoms with Crippen LogP contribution in [0, 0.1) is 0 Å². The predicted octanol–water partition coefficient (Wildman–Crippen LogP) is 0.964. The molecule has 1 saturated heterocycles. The van der Waals surface area contributed by atoms with Crippen LogP contribution >= 0.6 is 0 Å². The van der Waals surface area contributed by atoms with Gasteiger partial charge in [-0.3, -0.25) is 0 Å². The van der Waals surface area contributed by atoms with Crippen molar-refractivity contribution in [2.24, 2.45) is 0 Å². The van der Waals surface area contributed by atoms with Gasteiger partial charge >= 0.3 is 0 Å². The van der Waals surface area contributed by atoms with Crippen molar-refractivity contribution in [2.45, 2.75) is 25.8 Å². The Bertz CT molecular complexity index is 162. The summed E-state index contributed by atoms with van der Waals surface area (Å²) in [6.07, 6.45) is 2.66. The van der Waals surface area contributed by atoms with E-state index in [9.17, 15) is 0 Å². The van der Waals surface area contributed by atoms with Gasteiger partial charge in [0.15, 0.2) is 0 Å². The van der Waals surface area contributed by atoms with E-state index in [1.54, 1.807) is 0 Å². The van der Waals surface area contributed by atoms with Crippen molar-refractivity contribution < 1.29 is 0 Å². The third-order valence-electron chi connectivity index (χ3n) is 3.57.